The van der Waals surface area contributed by atoms with Gasteiger partial charge in [0, 0.05) is 45.2 Å². The van der Waals surface area contributed by atoms with Crippen LogP contribution in [-0.2, 0) is 4.79 Å². The van der Waals surface area contributed by atoms with Crippen LogP contribution in [0.2, 0.25) is 0 Å². The average molecular weight is 296 g/mol. The minimum absolute atomic E-state index is 0.326. The number of carbonyl (C=O) groups excluding carboxylic acids is 1. The van der Waals surface area contributed by atoms with Gasteiger partial charge in [-0.1, -0.05) is 6.92 Å². The Kier molecular flexibility index (Phi) is 6.93. The van der Waals surface area contributed by atoms with Crippen molar-refractivity contribution < 1.29 is 4.79 Å². The first-order valence-corrected chi connectivity index (χ1v) is 8.61. The van der Waals surface area contributed by atoms with Gasteiger partial charge in [0.1, 0.15) is 0 Å². The van der Waals surface area contributed by atoms with Crippen LogP contribution in [0.3, 0.4) is 0 Å². The van der Waals surface area contributed by atoms with Crippen LogP contribution < -0.4 is 5.32 Å². The zero-order valence-electron chi connectivity index (χ0n) is 13.8. The molecule has 2 fully saturated rings. The van der Waals surface area contributed by atoms with Gasteiger partial charge in [0.05, 0.1) is 0 Å². The fourth-order valence-electron chi connectivity index (χ4n) is 3.43. The molecule has 21 heavy (non-hydrogen) atoms. The molecule has 0 radical (unpaired) electrons. The summed E-state index contributed by atoms with van der Waals surface area (Å²) in [5, 5.41) is 3.29. The summed E-state index contributed by atoms with van der Waals surface area (Å²) in [6, 6.07) is 0.661. The predicted molar refractivity (Wildman–Crippen MR) is 86.4 cm³/mol. The maximum absolute atomic E-state index is 12.2. The van der Waals surface area contributed by atoms with Crippen molar-refractivity contribution in [1.29, 1.82) is 0 Å². The maximum Gasteiger partial charge on any atom is 0.223 e. The van der Waals surface area contributed by atoms with Gasteiger partial charge in [0.2, 0.25) is 5.91 Å². The van der Waals surface area contributed by atoms with E-state index in [2.05, 4.69) is 29.1 Å². The molecule has 2 saturated heterocycles. The van der Waals surface area contributed by atoms with E-state index >= 15 is 0 Å². The molecular formula is C16H32N4O. The molecule has 2 rings (SSSR count). The van der Waals surface area contributed by atoms with E-state index in [1.165, 1.54) is 38.9 Å². The van der Waals surface area contributed by atoms with Crippen molar-refractivity contribution in [3.05, 3.63) is 0 Å². The summed E-state index contributed by atoms with van der Waals surface area (Å²) in [5.41, 5.74) is 0. The third-order valence-corrected chi connectivity index (χ3v) is 4.87. The quantitative estimate of drug-likeness (QED) is 0.780. The predicted octanol–water partition coefficient (Wildman–Crippen LogP) is 0.615. The molecule has 0 aromatic heterocycles. The van der Waals surface area contributed by atoms with Gasteiger partial charge >= 0.3 is 0 Å². The first-order valence-electron chi connectivity index (χ1n) is 8.61. The van der Waals surface area contributed by atoms with Crippen LogP contribution in [0.4, 0.5) is 0 Å². The minimum atomic E-state index is 0.326. The lowest BCUT2D eigenvalue weighted by molar-refractivity contribution is -0.132. The molecule has 0 aromatic carbocycles. The van der Waals surface area contributed by atoms with Crippen molar-refractivity contribution in [1.82, 2.24) is 20.0 Å². The van der Waals surface area contributed by atoms with Crippen molar-refractivity contribution in [3.8, 4) is 0 Å². The SMILES string of the molecule is CCCN1CCC(N(C)CCC(=O)N2CCNCC2)CC1. The van der Waals surface area contributed by atoms with Crippen LogP contribution in [0.25, 0.3) is 0 Å². The van der Waals surface area contributed by atoms with Crippen molar-refractivity contribution in [2.24, 2.45) is 0 Å². The summed E-state index contributed by atoms with van der Waals surface area (Å²) in [4.78, 5) is 19.2. The monoisotopic (exact) mass is 296 g/mol. The van der Waals surface area contributed by atoms with E-state index in [1.807, 2.05) is 4.90 Å². The lowest BCUT2D eigenvalue weighted by atomic mass is 10.0. The van der Waals surface area contributed by atoms with Gasteiger partial charge in [-0.3, -0.25) is 4.79 Å². The topological polar surface area (TPSA) is 38.8 Å². The highest BCUT2D eigenvalue weighted by Gasteiger charge is 2.23. The lowest BCUT2D eigenvalue weighted by Gasteiger charge is -2.37. The number of piperidine rings is 1. The van der Waals surface area contributed by atoms with E-state index in [-0.39, 0.29) is 0 Å². The molecule has 2 heterocycles. The first-order chi connectivity index (χ1) is 10.2. The molecule has 5 heteroatoms. The second-order valence-electron chi connectivity index (χ2n) is 6.43. The average Bonchev–Trinajstić information content (AvgIpc) is 2.54. The summed E-state index contributed by atoms with van der Waals surface area (Å²) in [7, 11) is 2.19. The Hall–Kier alpha value is -0.650. The number of rotatable bonds is 6. The molecule has 1 N–H and O–H groups in total. The number of nitrogens with zero attached hydrogens (tertiary/aromatic N) is 3. The second kappa shape index (κ2) is 8.71. The maximum atomic E-state index is 12.2. The standard InChI is InChI=1S/C16H32N4O/c1-3-9-19-11-4-15(5-12-19)18(2)10-6-16(21)20-13-7-17-8-14-20/h15,17H,3-14H2,1-2H3. The van der Waals surface area contributed by atoms with E-state index in [0.717, 1.165) is 32.7 Å². The molecule has 0 atom stereocenters. The third-order valence-electron chi connectivity index (χ3n) is 4.87. The van der Waals surface area contributed by atoms with Gasteiger partial charge in [-0.2, -0.15) is 0 Å². The van der Waals surface area contributed by atoms with Crippen molar-refractivity contribution in [3.63, 3.8) is 0 Å². The fraction of sp³-hybridized carbons (Fsp3) is 0.938. The van der Waals surface area contributed by atoms with Gasteiger partial charge in [-0.25, -0.2) is 0 Å². The van der Waals surface area contributed by atoms with Gasteiger partial charge in [-0.15, -0.1) is 0 Å². The van der Waals surface area contributed by atoms with Crippen LogP contribution >= 0.6 is 0 Å². The molecule has 2 aliphatic heterocycles. The molecule has 0 aromatic rings. The van der Waals surface area contributed by atoms with Crippen LogP contribution in [0, 0.1) is 0 Å². The van der Waals surface area contributed by atoms with E-state index in [4.69, 9.17) is 0 Å². The Labute approximate surface area is 129 Å². The Morgan fingerprint density at radius 3 is 2.48 bits per heavy atom. The molecule has 0 spiro atoms. The number of nitrogens with one attached hydrogen (secondary N) is 1. The molecule has 122 valence electrons. The highest BCUT2D eigenvalue weighted by molar-refractivity contribution is 5.76. The Bertz CT molecular complexity index is 309. The van der Waals surface area contributed by atoms with Gasteiger partial charge in [-0.05, 0) is 45.9 Å². The normalized spacial score (nSPS) is 22.0. The van der Waals surface area contributed by atoms with Crippen molar-refractivity contribution >= 4 is 5.91 Å². The summed E-state index contributed by atoms with van der Waals surface area (Å²) in [5.74, 6) is 0.326. The Morgan fingerprint density at radius 2 is 1.86 bits per heavy atom. The lowest BCUT2D eigenvalue weighted by Crippen LogP contribution is -2.48. The number of carbonyl (C=O) groups is 1. The molecule has 0 unspecified atom stereocenters. The summed E-state index contributed by atoms with van der Waals surface area (Å²) >= 11 is 0. The Morgan fingerprint density at radius 1 is 1.19 bits per heavy atom. The highest BCUT2D eigenvalue weighted by atomic mass is 16.2. The van der Waals surface area contributed by atoms with E-state index in [1.54, 1.807) is 0 Å². The van der Waals surface area contributed by atoms with Crippen LogP contribution in [0.1, 0.15) is 32.6 Å². The summed E-state index contributed by atoms with van der Waals surface area (Å²) in [6.45, 7) is 10.5. The fourth-order valence-corrected chi connectivity index (χ4v) is 3.43. The first kappa shape index (κ1) is 16.7. The molecule has 1 amide bonds. The van der Waals surface area contributed by atoms with Gasteiger partial charge in [0.15, 0.2) is 0 Å². The molecule has 0 bridgehead atoms. The van der Waals surface area contributed by atoms with Crippen molar-refractivity contribution in [2.75, 3.05) is 59.4 Å². The summed E-state index contributed by atoms with van der Waals surface area (Å²) < 4.78 is 0. The highest BCUT2D eigenvalue weighted by Crippen LogP contribution is 2.16. The number of piperazine rings is 1. The van der Waals surface area contributed by atoms with Gasteiger partial charge in [0.25, 0.3) is 0 Å². The van der Waals surface area contributed by atoms with Crippen LogP contribution in [0.15, 0.2) is 0 Å². The molecular weight excluding hydrogens is 264 g/mol. The molecule has 5 nitrogen and oxygen atoms in total. The van der Waals surface area contributed by atoms with E-state index in [9.17, 15) is 4.79 Å². The minimum Gasteiger partial charge on any atom is -0.340 e. The summed E-state index contributed by atoms with van der Waals surface area (Å²) in [6.07, 6.45) is 4.42. The number of hydrogen-bond acceptors (Lipinski definition) is 4. The largest absolute Gasteiger partial charge is 0.340 e. The van der Waals surface area contributed by atoms with Crippen molar-refractivity contribution in [2.45, 2.75) is 38.6 Å². The van der Waals surface area contributed by atoms with Crippen LogP contribution in [0.5, 0.6) is 0 Å². The molecule has 2 aliphatic rings. The Balaban J connectivity index is 1.65. The van der Waals surface area contributed by atoms with Gasteiger partial charge < -0.3 is 20.0 Å². The number of likely N-dealkylation sites (tertiary alicyclic amines) is 1. The van der Waals surface area contributed by atoms with E-state index < -0.39 is 0 Å². The smallest absolute Gasteiger partial charge is 0.223 e. The molecule has 0 aliphatic carbocycles. The number of amides is 1. The molecule has 0 saturated carbocycles. The zero-order chi connectivity index (χ0) is 15.1. The zero-order valence-corrected chi connectivity index (χ0v) is 13.8. The van der Waals surface area contributed by atoms with Crippen LogP contribution in [-0.4, -0.2) is 86.1 Å². The second-order valence-corrected chi connectivity index (χ2v) is 6.43. The van der Waals surface area contributed by atoms with E-state index in [0.29, 0.717) is 18.4 Å². The third kappa shape index (κ3) is 5.24. The number of hydrogen-bond donors (Lipinski definition) is 1.